The van der Waals surface area contributed by atoms with Crippen molar-refractivity contribution in [3.63, 3.8) is 0 Å². The molecule has 2 aliphatic rings. The second kappa shape index (κ2) is 5.82. The van der Waals surface area contributed by atoms with E-state index in [0.717, 1.165) is 36.2 Å². The van der Waals surface area contributed by atoms with Crippen LogP contribution in [-0.2, 0) is 6.54 Å². The van der Waals surface area contributed by atoms with E-state index in [0.29, 0.717) is 12.0 Å². The molecule has 21 heavy (non-hydrogen) atoms. The molecule has 1 N–H and O–H groups in total. The number of aromatic nitrogens is 2. The number of nitrogens with zero attached hydrogens (tertiary/aromatic N) is 2. The first kappa shape index (κ1) is 14.6. The standard InChI is InChI=1S/C17H27N3O/c1-4-20-16(10-15(19-20)11(2)3)17(21)18-14-9-8-12-6-5-7-13(12)14/h10-14H,4-9H2,1-3H3,(H,18,21)/t12-,13-,14-/m0/s1. The molecular weight excluding hydrogens is 262 g/mol. The average Bonchev–Trinajstić information content (AvgIpc) is 3.13. The largest absolute Gasteiger partial charge is 0.348 e. The molecule has 0 bridgehead atoms. The van der Waals surface area contributed by atoms with Crippen LogP contribution in [0, 0.1) is 11.8 Å². The van der Waals surface area contributed by atoms with Crippen molar-refractivity contribution in [3.05, 3.63) is 17.5 Å². The lowest BCUT2D eigenvalue weighted by atomic mass is 9.97. The lowest BCUT2D eigenvalue weighted by Gasteiger charge is -2.20. The topological polar surface area (TPSA) is 46.9 Å². The zero-order valence-electron chi connectivity index (χ0n) is 13.4. The molecule has 2 aliphatic carbocycles. The lowest BCUT2D eigenvalue weighted by molar-refractivity contribution is 0.0915. The smallest absolute Gasteiger partial charge is 0.269 e. The Morgan fingerprint density at radius 3 is 2.90 bits per heavy atom. The molecule has 1 aromatic rings. The normalized spacial score (nSPS) is 28.1. The zero-order chi connectivity index (χ0) is 15.0. The van der Waals surface area contributed by atoms with Crippen molar-refractivity contribution in [2.45, 2.75) is 71.4 Å². The van der Waals surface area contributed by atoms with Crippen molar-refractivity contribution in [2.24, 2.45) is 11.8 Å². The van der Waals surface area contributed by atoms with Crippen LogP contribution >= 0.6 is 0 Å². The molecule has 0 aromatic carbocycles. The number of hydrogen-bond donors (Lipinski definition) is 1. The Morgan fingerprint density at radius 1 is 1.38 bits per heavy atom. The summed E-state index contributed by atoms with van der Waals surface area (Å²) in [5, 5.41) is 7.84. The molecule has 4 nitrogen and oxygen atoms in total. The summed E-state index contributed by atoms with van der Waals surface area (Å²) < 4.78 is 1.84. The molecule has 0 aliphatic heterocycles. The van der Waals surface area contributed by atoms with Crippen molar-refractivity contribution >= 4 is 5.91 Å². The highest BCUT2D eigenvalue weighted by molar-refractivity contribution is 5.93. The Morgan fingerprint density at radius 2 is 2.19 bits per heavy atom. The zero-order valence-corrected chi connectivity index (χ0v) is 13.4. The minimum absolute atomic E-state index is 0.0637. The lowest BCUT2D eigenvalue weighted by Crippen LogP contribution is -2.38. The van der Waals surface area contributed by atoms with Gasteiger partial charge in [-0.25, -0.2) is 0 Å². The number of fused-ring (bicyclic) bond motifs is 1. The van der Waals surface area contributed by atoms with E-state index in [2.05, 4.69) is 24.3 Å². The first-order valence-electron chi connectivity index (χ1n) is 8.48. The summed E-state index contributed by atoms with van der Waals surface area (Å²) in [5.74, 6) is 2.00. The molecule has 0 saturated heterocycles. The van der Waals surface area contributed by atoms with Gasteiger partial charge in [-0.1, -0.05) is 26.7 Å². The van der Waals surface area contributed by atoms with Crippen LogP contribution in [0.4, 0.5) is 0 Å². The van der Waals surface area contributed by atoms with E-state index in [1.807, 2.05) is 17.7 Å². The van der Waals surface area contributed by atoms with Crippen LogP contribution in [0.25, 0.3) is 0 Å². The minimum Gasteiger partial charge on any atom is -0.348 e. The SMILES string of the molecule is CCn1nc(C(C)C)cc1C(=O)N[C@H]1CC[C@@H]2CCC[C@@H]21. The highest BCUT2D eigenvalue weighted by atomic mass is 16.2. The maximum Gasteiger partial charge on any atom is 0.269 e. The third kappa shape index (κ3) is 2.72. The highest BCUT2D eigenvalue weighted by Crippen LogP contribution is 2.44. The maximum absolute atomic E-state index is 12.6. The van der Waals surface area contributed by atoms with Crippen LogP contribution in [0.5, 0.6) is 0 Å². The van der Waals surface area contributed by atoms with Gasteiger partial charge in [0, 0.05) is 12.6 Å². The molecule has 0 spiro atoms. The fourth-order valence-corrected chi connectivity index (χ4v) is 4.13. The van der Waals surface area contributed by atoms with Gasteiger partial charge in [-0.05, 0) is 50.0 Å². The van der Waals surface area contributed by atoms with E-state index in [4.69, 9.17) is 0 Å². The van der Waals surface area contributed by atoms with Crippen molar-refractivity contribution in [2.75, 3.05) is 0 Å². The maximum atomic E-state index is 12.6. The summed E-state index contributed by atoms with van der Waals surface area (Å²) in [4.78, 5) is 12.6. The summed E-state index contributed by atoms with van der Waals surface area (Å²) in [6, 6.07) is 2.35. The summed E-state index contributed by atoms with van der Waals surface area (Å²) in [5.41, 5.74) is 1.73. The number of aryl methyl sites for hydroxylation is 1. The summed E-state index contributed by atoms with van der Waals surface area (Å²) in [7, 11) is 0. The van der Waals surface area contributed by atoms with Crippen LogP contribution in [-0.4, -0.2) is 21.7 Å². The second-order valence-corrected chi connectivity index (χ2v) is 6.94. The Bertz CT molecular complexity index is 520. The molecule has 116 valence electrons. The summed E-state index contributed by atoms with van der Waals surface area (Å²) in [6.07, 6.45) is 6.44. The van der Waals surface area contributed by atoms with Crippen LogP contribution in [0.2, 0.25) is 0 Å². The van der Waals surface area contributed by atoms with E-state index in [9.17, 15) is 4.79 Å². The molecule has 2 fully saturated rings. The number of rotatable bonds is 4. The van der Waals surface area contributed by atoms with Gasteiger partial charge >= 0.3 is 0 Å². The Kier molecular flexibility index (Phi) is 4.05. The van der Waals surface area contributed by atoms with Crippen LogP contribution in [0.1, 0.15) is 75.0 Å². The number of carbonyl (C=O) groups excluding carboxylic acids is 1. The fourth-order valence-electron chi connectivity index (χ4n) is 4.13. The van der Waals surface area contributed by atoms with Gasteiger partial charge in [0.15, 0.2) is 0 Å². The van der Waals surface area contributed by atoms with Gasteiger partial charge in [-0.15, -0.1) is 0 Å². The van der Waals surface area contributed by atoms with Gasteiger partial charge in [0.05, 0.1) is 5.69 Å². The highest BCUT2D eigenvalue weighted by Gasteiger charge is 2.39. The van der Waals surface area contributed by atoms with Gasteiger partial charge in [0.25, 0.3) is 5.91 Å². The number of nitrogens with one attached hydrogen (secondary N) is 1. The van der Waals surface area contributed by atoms with Gasteiger partial charge in [0.2, 0.25) is 0 Å². The molecule has 3 atom stereocenters. The first-order valence-corrected chi connectivity index (χ1v) is 8.48. The van der Waals surface area contributed by atoms with Crippen LogP contribution in [0.15, 0.2) is 6.07 Å². The van der Waals surface area contributed by atoms with E-state index in [1.54, 1.807) is 0 Å². The Balaban J connectivity index is 1.73. The summed E-state index contributed by atoms with van der Waals surface area (Å²) >= 11 is 0. The number of carbonyl (C=O) groups is 1. The molecule has 2 saturated carbocycles. The van der Waals surface area contributed by atoms with Gasteiger partial charge in [-0.2, -0.15) is 5.10 Å². The van der Waals surface area contributed by atoms with Gasteiger partial charge in [-0.3, -0.25) is 9.48 Å². The van der Waals surface area contributed by atoms with Crippen LogP contribution < -0.4 is 5.32 Å². The fraction of sp³-hybridized carbons (Fsp3) is 0.765. The predicted molar refractivity (Wildman–Crippen MR) is 83.3 cm³/mol. The van der Waals surface area contributed by atoms with E-state index >= 15 is 0 Å². The molecule has 3 rings (SSSR count). The van der Waals surface area contributed by atoms with Crippen LogP contribution in [0.3, 0.4) is 0 Å². The molecule has 1 amide bonds. The predicted octanol–water partition coefficient (Wildman–Crippen LogP) is 3.33. The third-order valence-electron chi connectivity index (χ3n) is 5.32. The summed E-state index contributed by atoms with van der Waals surface area (Å²) in [6.45, 7) is 7.01. The quantitative estimate of drug-likeness (QED) is 0.924. The third-order valence-corrected chi connectivity index (χ3v) is 5.32. The second-order valence-electron chi connectivity index (χ2n) is 6.94. The van der Waals surface area contributed by atoms with Crippen molar-refractivity contribution in [1.82, 2.24) is 15.1 Å². The minimum atomic E-state index is 0.0637. The Hall–Kier alpha value is -1.32. The first-order chi connectivity index (χ1) is 10.1. The van der Waals surface area contributed by atoms with Gasteiger partial charge < -0.3 is 5.32 Å². The monoisotopic (exact) mass is 289 g/mol. The van der Waals surface area contributed by atoms with E-state index < -0.39 is 0 Å². The number of amides is 1. The van der Waals surface area contributed by atoms with Crippen molar-refractivity contribution in [3.8, 4) is 0 Å². The average molecular weight is 289 g/mol. The number of hydrogen-bond acceptors (Lipinski definition) is 2. The van der Waals surface area contributed by atoms with Gasteiger partial charge in [0.1, 0.15) is 5.69 Å². The Labute approximate surface area is 127 Å². The molecule has 0 radical (unpaired) electrons. The molecule has 1 heterocycles. The molecule has 0 unspecified atom stereocenters. The van der Waals surface area contributed by atoms with Crippen molar-refractivity contribution < 1.29 is 4.79 Å². The molecule has 4 heteroatoms. The molecular formula is C17H27N3O. The molecule has 1 aromatic heterocycles. The van der Waals surface area contributed by atoms with E-state index in [1.165, 1.54) is 25.7 Å². The van der Waals surface area contributed by atoms with Crippen molar-refractivity contribution in [1.29, 1.82) is 0 Å². The van der Waals surface area contributed by atoms with E-state index in [-0.39, 0.29) is 5.91 Å².